The van der Waals surface area contributed by atoms with E-state index in [1.807, 2.05) is 30.3 Å². The Bertz CT molecular complexity index is 1690. The molecule has 0 aromatic heterocycles. The van der Waals surface area contributed by atoms with E-state index in [1.165, 1.54) is 39.2 Å². The van der Waals surface area contributed by atoms with Crippen LogP contribution in [0.4, 0.5) is 11.4 Å². The van der Waals surface area contributed by atoms with E-state index in [-0.39, 0.29) is 11.6 Å². The Labute approximate surface area is 274 Å². The Balaban J connectivity index is 1.57. The van der Waals surface area contributed by atoms with Gasteiger partial charge in [-0.25, -0.2) is 0 Å². The molecule has 4 aromatic rings. The lowest BCUT2D eigenvalue weighted by Crippen LogP contribution is -2.30. The van der Waals surface area contributed by atoms with Crippen LogP contribution in [0.25, 0.3) is 6.08 Å². The monoisotopic (exact) mass is 689 g/mol. The van der Waals surface area contributed by atoms with Gasteiger partial charge in [0.1, 0.15) is 5.70 Å². The quantitative estimate of drug-likeness (QED) is 0.108. The molecule has 4 aromatic carbocycles. The zero-order valence-corrected chi connectivity index (χ0v) is 27.5. The molecule has 3 N–H and O–H groups in total. The Morgan fingerprint density at radius 1 is 0.800 bits per heavy atom. The van der Waals surface area contributed by atoms with Gasteiger partial charge in [0.05, 0.1) is 32.3 Å². The molecule has 4 rings (SSSR count). The molecule has 3 amide bonds. The number of benzene rings is 4. The van der Waals surface area contributed by atoms with Crippen LogP contribution in [0.5, 0.6) is 17.2 Å². The van der Waals surface area contributed by atoms with Gasteiger partial charge in [-0.15, -0.1) is 11.8 Å². The molecule has 0 radical (unpaired) electrons. The lowest BCUT2D eigenvalue weighted by molar-refractivity contribution is -0.115. The highest BCUT2D eigenvalue weighted by Gasteiger charge is 2.19. The zero-order chi connectivity index (χ0) is 32.3. The number of carbonyl (C=O) groups is 3. The first-order valence-electron chi connectivity index (χ1n) is 13.7. The Morgan fingerprint density at radius 3 is 2.11 bits per heavy atom. The number of thioether (sulfide) groups is 1. The smallest absolute Gasteiger partial charge is 0.272 e. The van der Waals surface area contributed by atoms with E-state index in [9.17, 15) is 14.4 Å². The van der Waals surface area contributed by atoms with E-state index < -0.39 is 17.1 Å². The van der Waals surface area contributed by atoms with E-state index >= 15 is 0 Å². The van der Waals surface area contributed by atoms with Crippen molar-refractivity contribution < 1.29 is 28.6 Å². The SMILES string of the molecule is COc1cc(/C=C(/NC(=O)c2ccccc2)C(=O)Nc2cccc(SC(C)C(=O)Nc3ccccc3Br)c2)cc(OC)c1OC. The molecule has 232 valence electrons. The van der Waals surface area contributed by atoms with Crippen LogP contribution in [0.3, 0.4) is 0 Å². The number of hydrogen-bond acceptors (Lipinski definition) is 7. The van der Waals surface area contributed by atoms with Gasteiger partial charge in [-0.1, -0.05) is 36.4 Å². The first kappa shape index (κ1) is 33.2. The van der Waals surface area contributed by atoms with Gasteiger partial charge in [-0.3, -0.25) is 14.4 Å². The van der Waals surface area contributed by atoms with Crippen LogP contribution < -0.4 is 30.2 Å². The summed E-state index contributed by atoms with van der Waals surface area (Å²) in [6, 6.07) is 26.4. The van der Waals surface area contributed by atoms with Gasteiger partial charge in [-0.05, 0) is 89.1 Å². The lowest BCUT2D eigenvalue weighted by Gasteiger charge is -2.15. The highest BCUT2D eigenvalue weighted by atomic mass is 79.9. The number of hydrogen-bond donors (Lipinski definition) is 3. The molecule has 11 heteroatoms. The van der Waals surface area contributed by atoms with E-state index in [0.29, 0.717) is 39.8 Å². The molecular weight excluding hydrogens is 658 g/mol. The summed E-state index contributed by atoms with van der Waals surface area (Å²) in [6.07, 6.45) is 1.52. The summed E-state index contributed by atoms with van der Waals surface area (Å²) < 4.78 is 17.1. The highest BCUT2D eigenvalue weighted by Crippen LogP contribution is 2.38. The van der Waals surface area contributed by atoms with E-state index in [4.69, 9.17) is 14.2 Å². The van der Waals surface area contributed by atoms with Crippen LogP contribution >= 0.6 is 27.7 Å². The summed E-state index contributed by atoms with van der Waals surface area (Å²) in [5, 5.41) is 8.08. The molecule has 0 aliphatic heterocycles. The molecule has 45 heavy (non-hydrogen) atoms. The fourth-order valence-corrected chi connectivity index (χ4v) is 5.50. The minimum absolute atomic E-state index is 0.0163. The average Bonchev–Trinajstić information content (AvgIpc) is 3.05. The minimum atomic E-state index is -0.560. The van der Waals surface area contributed by atoms with E-state index in [1.54, 1.807) is 67.6 Å². The third-order valence-electron chi connectivity index (χ3n) is 6.43. The summed E-state index contributed by atoms with van der Waals surface area (Å²) in [4.78, 5) is 40.4. The van der Waals surface area contributed by atoms with Crippen molar-refractivity contribution >= 4 is 62.9 Å². The standard InChI is InChI=1S/C34H32BrN3O6S/c1-21(32(39)37-27-16-9-8-15-26(27)35)45-25-14-10-13-24(20-25)36-34(41)28(38-33(40)23-11-6-5-7-12-23)17-22-18-29(42-2)31(44-4)30(19-22)43-3/h5-21H,1-4H3,(H,36,41)(H,37,39)(H,38,40)/b28-17+. The number of ether oxygens (including phenoxy) is 3. The van der Waals surface area contributed by atoms with Gasteiger partial charge in [0, 0.05) is 20.6 Å². The first-order chi connectivity index (χ1) is 21.7. The van der Waals surface area contributed by atoms with Crippen molar-refractivity contribution in [3.63, 3.8) is 0 Å². The second kappa shape index (κ2) is 15.8. The average molecular weight is 691 g/mol. The number of para-hydroxylation sites is 1. The number of methoxy groups -OCH3 is 3. The second-order valence-electron chi connectivity index (χ2n) is 9.55. The van der Waals surface area contributed by atoms with Crippen molar-refractivity contribution in [2.24, 2.45) is 0 Å². The molecule has 0 aliphatic rings. The van der Waals surface area contributed by atoms with Gasteiger partial charge in [-0.2, -0.15) is 0 Å². The topological polar surface area (TPSA) is 115 Å². The van der Waals surface area contributed by atoms with Crippen molar-refractivity contribution in [1.82, 2.24) is 5.32 Å². The highest BCUT2D eigenvalue weighted by molar-refractivity contribution is 9.10. The van der Waals surface area contributed by atoms with Crippen molar-refractivity contribution in [3.8, 4) is 17.2 Å². The van der Waals surface area contributed by atoms with E-state index in [0.717, 1.165) is 9.37 Å². The minimum Gasteiger partial charge on any atom is -0.493 e. The second-order valence-corrected chi connectivity index (χ2v) is 11.8. The molecule has 0 spiro atoms. The van der Waals surface area contributed by atoms with Gasteiger partial charge in [0.2, 0.25) is 11.7 Å². The Hall–Kier alpha value is -4.74. The predicted octanol–water partition coefficient (Wildman–Crippen LogP) is 7.00. The summed E-state index contributed by atoms with van der Waals surface area (Å²) >= 11 is 4.79. The normalized spacial score (nSPS) is 11.6. The molecule has 9 nitrogen and oxygen atoms in total. The Morgan fingerprint density at radius 2 is 1.47 bits per heavy atom. The predicted molar refractivity (Wildman–Crippen MR) is 181 cm³/mol. The van der Waals surface area contributed by atoms with Crippen LogP contribution in [0, 0.1) is 0 Å². The maximum atomic E-state index is 13.6. The van der Waals surface area contributed by atoms with Crippen molar-refractivity contribution in [1.29, 1.82) is 0 Å². The third-order valence-corrected chi connectivity index (χ3v) is 8.22. The van der Waals surface area contributed by atoms with Crippen LogP contribution in [0.15, 0.2) is 106 Å². The maximum Gasteiger partial charge on any atom is 0.272 e. The Kier molecular flexibility index (Phi) is 11.7. The molecule has 0 bridgehead atoms. The molecular formula is C34H32BrN3O6S. The third kappa shape index (κ3) is 8.90. The summed E-state index contributed by atoms with van der Waals surface area (Å²) in [7, 11) is 4.48. The molecule has 0 aliphatic carbocycles. The number of halogens is 1. The number of carbonyl (C=O) groups excluding carboxylic acids is 3. The van der Waals surface area contributed by atoms with Gasteiger partial charge in [0.25, 0.3) is 11.8 Å². The van der Waals surface area contributed by atoms with Crippen molar-refractivity contribution in [2.45, 2.75) is 17.1 Å². The molecule has 1 atom stereocenters. The summed E-state index contributed by atoms with van der Waals surface area (Å²) in [6.45, 7) is 1.81. The van der Waals surface area contributed by atoms with Crippen LogP contribution in [-0.2, 0) is 9.59 Å². The summed E-state index contributed by atoms with van der Waals surface area (Å²) in [5.74, 6) is -0.0151. The largest absolute Gasteiger partial charge is 0.493 e. The summed E-state index contributed by atoms with van der Waals surface area (Å²) in [5.41, 5.74) is 2.05. The lowest BCUT2D eigenvalue weighted by atomic mass is 10.1. The molecule has 0 fully saturated rings. The molecule has 1 unspecified atom stereocenters. The van der Waals surface area contributed by atoms with Crippen LogP contribution in [-0.4, -0.2) is 44.3 Å². The number of nitrogens with one attached hydrogen (secondary N) is 3. The fraction of sp³-hybridized carbons (Fsp3) is 0.147. The molecule has 0 saturated heterocycles. The van der Waals surface area contributed by atoms with Crippen LogP contribution in [0.2, 0.25) is 0 Å². The number of anilines is 2. The van der Waals surface area contributed by atoms with E-state index in [2.05, 4.69) is 31.9 Å². The van der Waals surface area contributed by atoms with Crippen molar-refractivity contribution in [2.75, 3.05) is 32.0 Å². The maximum absolute atomic E-state index is 13.6. The van der Waals surface area contributed by atoms with Crippen molar-refractivity contribution in [3.05, 3.63) is 112 Å². The van der Waals surface area contributed by atoms with Crippen LogP contribution in [0.1, 0.15) is 22.8 Å². The fourth-order valence-electron chi connectivity index (χ4n) is 4.19. The first-order valence-corrected chi connectivity index (χ1v) is 15.4. The zero-order valence-electron chi connectivity index (χ0n) is 25.1. The van der Waals surface area contributed by atoms with Gasteiger partial charge < -0.3 is 30.2 Å². The molecule has 0 saturated carbocycles. The molecule has 0 heterocycles. The van der Waals surface area contributed by atoms with Gasteiger partial charge in [0.15, 0.2) is 11.5 Å². The number of rotatable bonds is 12. The van der Waals surface area contributed by atoms with Gasteiger partial charge >= 0.3 is 0 Å². The number of amides is 3.